The molecule has 1 heterocycles. The van der Waals surface area contributed by atoms with Crippen molar-refractivity contribution in [2.75, 3.05) is 10.7 Å². The van der Waals surface area contributed by atoms with E-state index in [1.54, 1.807) is 0 Å². The third-order valence-corrected chi connectivity index (χ3v) is 4.07. The van der Waals surface area contributed by atoms with Gasteiger partial charge in [0.1, 0.15) is 17.5 Å². The Hall–Kier alpha value is -1.36. The summed E-state index contributed by atoms with van der Waals surface area (Å²) in [5.41, 5.74) is 3.53. The molecule has 5 nitrogen and oxygen atoms in total. The summed E-state index contributed by atoms with van der Waals surface area (Å²) in [7, 11) is 0. The molecule has 0 aliphatic carbocycles. The molecule has 0 bridgehead atoms. The maximum Gasteiger partial charge on any atom is 0.148 e. The van der Waals surface area contributed by atoms with E-state index in [0.717, 1.165) is 30.0 Å². The number of nitrogens with one attached hydrogen (secondary N) is 2. The molecule has 4 N–H and O–H groups in total. The van der Waals surface area contributed by atoms with Gasteiger partial charge in [0.15, 0.2) is 0 Å². The number of hydrogen-bond donors (Lipinski definition) is 3. The van der Waals surface area contributed by atoms with E-state index in [4.69, 9.17) is 10.8 Å². The van der Waals surface area contributed by atoms with E-state index in [-0.39, 0.29) is 5.41 Å². The number of aromatic nitrogens is 2. The highest BCUT2D eigenvalue weighted by Gasteiger charge is 2.22. The standard InChI is InChI=1S/C16H31N5/c1-8-12(9-2)11(4)18-13-10(3)14(21-17)20-15(19-13)16(5,6)7/h11-12H,8-9,17H2,1-7H3,(H2,18,19,20,21). The van der Waals surface area contributed by atoms with Gasteiger partial charge in [-0.3, -0.25) is 0 Å². The van der Waals surface area contributed by atoms with Gasteiger partial charge in [-0.1, -0.05) is 47.5 Å². The molecule has 0 aliphatic heterocycles. The maximum atomic E-state index is 5.61. The van der Waals surface area contributed by atoms with Crippen LogP contribution in [0.4, 0.5) is 11.6 Å². The van der Waals surface area contributed by atoms with Gasteiger partial charge in [0.05, 0.1) is 0 Å². The molecule has 1 unspecified atom stereocenters. The molecule has 1 aromatic heterocycles. The minimum absolute atomic E-state index is 0.117. The Bertz CT molecular complexity index is 460. The summed E-state index contributed by atoms with van der Waals surface area (Å²) >= 11 is 0. The van der Waals surface area contributed by atoms with Crippen LogP contribution in [0, 0.1) is 12.8 Å². The Balaban J connectivity index is 3.16. The third kappa shape index (κ3) is 4.30. The first kappa shape index (κ1) is 17.7. The fraction of sp³-hybridized carbons (Fsp3) is 0.750. The molecule has 0 aliphatic rings. The van der Waals surface area contributed by atoms with Crippen molar-refractivity contribution in [3.8, 4) is 0 Å². The molecular formula is C16H31N5. The lowest BCUT2D eigenvalue weighted by Crippen LogP contribution is -2.28. The zero-order valence-electron chi connectivity index (χ0n) is 14.5. The highest BCUT2D eigenvalue weighted by atomic mass is 15.3. The third-order valence-electron chi connectivity index (χ3n) is 4.07. The van der Waals surface area contributed by atoms with Crippen molar-refractivity contribution in [2.24, 2.45) is 11.8 Å². The van der Waals surface area contributed by atoms with Crippen LogP contribution in [0.15, 0.2) is 0 Å². The lowest BCUT2D eigenvalue weighted by molar-refractivity contribution is 0.436. The quantitative estimate of drug-likeness (QED) is 0.552. The van der Waals surface area contributed by atoms with Crippen LogP contribution in [-0.4, -0.2) is 16.0 Å². The first-order chi connectivity index (χ1) is 9.74. The van der Waals surface area contributed by atoms with Gasteiger partial charge in [0.2, 0.25) is 0 Å². The number of anilines is 2. The van der Waals surface area contributed by atoms with Gasteiger partial charge in [-0.05, 0) is 19.8 Å². The molecule has 1 atom stereocenters. The van der Waals surface area contributed by atoms with E-state index >= 15 is 0 Å². The number of nitrogens with two attached hydrogens (primary N) is 1. The minimum atomic E-state index is -0.117. The van der Waals surface area contributed by atoms with Crippen molar-refractivity contribution in [2.45, 2.75) is 72.8 Å². The zero-order valence-corrected chi connectivity index (χ0v) is 14.5. The normalized spacial score (nSPS) is 13.4. The van der Waals surface area contributed by atoms with E-state index in [1.807, 2.05) is 6.92 Å². The number of hydrazine groups is 1. The van der Waals surface area contributed by atoms with Gasteiger partial charge in [-0.2, -0.15) is 0 Å². The number of rotatable bonds is 6. The minimum Gasteiger partial charge on any atom is -0.367 e. The fourth-order valence-corrected chi connectivity index (χ4v) is 2.46. The Morgan fingerprint density at radius 2 is 1.62 bits per heavy atom. The van der Waals surface area contributed by atoms with Gasteiger partial charge in [-0.15, -0.1) is 0 Å². The van der Waals surface area contributed by atoms with E-state index in [2.05, 4.69) is 57.3 Å². The van der Waals surface area contributed by atoms with Gasteiger partial charge in [0.25, 0.3) is 0 Å². The summed E-state index contributed by atoms with van der Waals surface area (Å²) in [5.74, 6) is 8.60. The molecule has 120 valence electrons. The summed E-state index contributed by atoms with van der Waals surface area (Å²) in [6.07, 6.45) is 2.31. The number of hydrogen-bond acceptors (Lipinski definition) is 5. The Morgan fingerprint density at radius 3 is 2.05 bits per heavy atom. The van der Waals surface area contributed by atoms with Gasteiger partial charge in [-0.25, -0.2) is 15.8 Å². The summed E-state index contributed by atoms with van der Waals surface area (Å²) in [4.78, 5) is 9.25. The van der Waals surface area contributed by atoms with Gasteiger partial charge in [0, 0.05) is 17.0 Å². The predicted molar refractivity (Wildman–Crippen MR) is 90.4 cm³/mol. The molecule has 5 heteroatoms. The number of nitrogens with zero attached hydrogens (tertiary/aromatic N) is 2. The lowest BCUT2D eigenvalue weighted by Gasteiger charge is -2.26. The predicted octanol–water partition coefficient (Wildman–Crippen LogP) is 3.60. The molecule has 1 aromatic rings. The van der Waals surface area contributed by atoms with Crippen LogP contribution >= 0.6 is 0 Å². The Kier molecular flexibility index (Phi) is 5.96. The monoisotopic (exact) mass is 293 g/mol. The highest BCUT2D eigenvalue weighted by Crippen LogP contribution is 2.27. The molecule has 0 saturated carbocycles. The van der Waals surface area contributed by atoms with E-state index in [1.165, 1.54) is 0 Å². The van der Waals surface area contributed by atoms with E-state index in [9.17, 15) is 0 Å². The average molecular weight is 293 g/mol. The van der Waals surface area contributed by atoms with Crippen LogP contribution in [-0.2, 0) is 5.41 Å². The van der Waals surface area contributed by atoms with Crippen molar-refractivity contribution >= 4 is 11.6 Å². The molecule has 0 saturated heterocycles. The second-order valence-electron chi connectivity index (χ2n) is 6.77. The molecule has 0 aromatic carbocycles. The second-order valence-corrected chi connectivity index (χ2v) is 6.77. The van der Waals surface area contributed by atoms with Crippen LogP contribution < -0.4 is 16.6 Å². The summed E-state index contributed by atoms with van der Waals surface area (Å²) in [5, 5.41) is 3.55. The van der Waals surface area contributed by atoms with Crippen LogP contribution in [0.5, 0.6) is 0 Å². The van der Waals surface area contributed by atoms with Crippen molar-refractivity contribution < 1.29 is 0 Å². The molecule has 0 spiro atoms. The van der Waals surface area contributed by atoms with Crippen LogP contribution in [0.1, 0.15) is 65.8 Å². The fourth-order valence-electron chi connectivity index (χ4n) is 2.46. The number of nitrogen functional groups attached to an aromatic ring is 1. The maximum absolute atomic E-state index is 5.61. The molecule has 0 fully saturated rings. The molecule has 0 radical (unpaired) electrons. The second kappa shape index (κ2) is 7.07. The molecular weight excluding hydrogens is 262 g/mol. The van der Waals surface area contributed by atoms with Crippen LogP contribution in [0.3, 0.4) is 0 Å². The lowest BCUT2D eigenvalue weighted by atomic mass is 9.94. The van der Waals surface area contributed by atoms with Crippen molar-refractivity contribution in [3.05, 3.63) is 11.4 Å². The SMILES string of the molecule is CCC(CC)C(C)Nc1nc(C(C)(C)C)nc(NN)c1C. The molecule has 1 rings (SSSR count). The summed E-state index contributed by atoms with van der Waals surface area (Å²) in [6, 6.07) is 0.368. The first-order valence-electron chi connectivity index (χ1n) is 7.86. The van der Waals surface area contributed by atoms with Gasteiger partial charge >= 0.3 is 0 Å². The molecule has 0 amide bonds. The van der Waals surface area contributed by atoms with E-state index in [0.29, 0.717) is 17.8 Å². The van der Waals surface area contributed by atoms with Crippen molar-refractivity contribution in [3.63, 3.8) is 0 Å². The highest BCUT2D eigenvalue weighted by molar-refractivity contribution is 5.57. The van der Waals surface area contributed by atoms with Crippen molar-refractivity contribution in [1.82, 2.24) is 9.97 Å². The average Bonchev–Trinajstić information content (AvgIpc) is 2.41. The smallest absolute Gasteiger partial charge is 0.148 e. The summed E-state index contributed by atoms with van der Waals surface area (Å²) in [6.45, 7) is 15.0. The van der Waals surface area contributed by atoms with Crippen molar-refractivity contribution in [1.29, 1.82) is 0 Å². The largest absolute Gasteiger partial charge is 0.367 e. The van der Waals surface area contributed by atoms with E-state index < -0.39 is 0 Å². The Morgan fingerprint density at radius 1 is 1.10 bits per heavy atom. The first-order valence-corrected chi connectivity index (χ1v) is 7.86. The van der Waals surface area contributed by atoms with Crippen LogP contribution in [0.25, 0.3) is 0 Å². The van der Waals surface area contributed by atoms with Gasteiger partial charge < -0.3 is 10.7 Å². The topological polar surface area (TPSA) is 75.9 Å². The zero-order chi connectivity index (χ0) is 16.2. The Labute approximate surface area is 129 Å². The van der Waals surface area contributed by atoms with Crippen LogP contribution in [0.2, 0.25) is 0 Å². The molecule has 21 heavy (non-hydrogen) atoms. The summed E-state index contributed by atoms with van der Waals surface area (Å²) < 4.78 is 0.